The van der Waals surface area contributed by atoms with Gasteiger partial charge >= 0.3 is 0 Å². The van der Waals surface area contributed by atoms with E-state index in [2.05, 4.69) is 10.1 Å². The lowest BCUT2D eigenvalue weighted by atomic mass is 10.1. The molecule has 5 heteroatoms. The molecule has 0 amide bonds. The quantitative estimate of drug-likeness (QED) is 0.826. The summed E-state index contributed by atoms with van der Waals surface area (Å²) in [6.45, 7) is 0.613. The van der Waals surface area contributed by atoms with Crippen molar-refractivity contribution < 1.29 is 9.26 Å². The molecule has 0 bridgehead atoms. The molecule has 1 aliphatic rings. The number of ether oxygens (including phenoxy) is 1. The van der Waals surface area contributed by atoms with E-state index in [-0.39, 0.29) is 6.04 Å². The lowest BCUT2D eigenvalue weighted by Crippen LogP contribution is -2.13. The van der Waals surface area contributed by atoms with Crippen LogP contribution in [0.4, 0.5) is 0 Å². The lowest BCUT2D eigenvalue weighted by Gasteiger charge is -2.04. The highest BCUT2D eigenvalue weighted by molar-refractivity contribution is 4.99. The van der Waals surface area contributed by atoms with Crippen molar-refractivity contribution in [3.05, 3.63) is 11.7 Å². The van der Waals surface area contributed by atoms with Crippen molar-refractivity contribution in [3.8, 4) is 0 Å². The van der Waals surface area contributed by atoms with Gasteiger partial charge in [0.1, 0.15) is 0 Å². The highest BCUT2D eigenvalue weighted by Crippen LogP contribution is 2.32. The third kappa shape index (κ3) is 2.59. The summed E-state index contributed by atoms with van der Waals surface area (Å²) in [6.07, 6.45) is 5.59. The van der Waals surface area contributed by atoms with Gasteiger partial charge in [0.15, 0.2) is 5.82 Å². The molecule has 2 N–H and O–H groups in total. The second-order valence-electron chi connectivity index (χ2n) is 4.36. The first-order chi connectivity index (χ1) is 7.81. The van der Waals surface area contributed by atoms with Gasteiger partial charge in [0.25, 0.3) is 0 Å². The molecule has 2 rings (SSSR count). The van der Waals surface area contributed by atoms with Gasteiger partial charge in [0.05, 0.1) is 6.04 Å². The smallest absolute Gasteiger partial charge is 0.243 e. The summed E-state index contributed by atoms with van der Waals surface area (Å²) in [4.78, 5) is 4.39. The summed E-state index contributed by atoms with van der Waals surface area (Å²) >= 11 is 0. The normalized spacial score (nSPS) is 19.1. The number of hydrogen-bond donors (Lipinski definition) is 1. The van der Waals surface area contributed by atoms with Gasteiger partial charge in [0, 0.05) is 19.6 Å². The van der Waals surface area contributed by atoms with Crippen LogP contribution in [0.2, 0.25) is 0 Å². The van der Waals surface area contributed by atoms with Gasteiger partial charge < -0.3 is 15.0 Å². The number of nitrogens with two attached hydrogens (primary N) is 1. The Morgan fingerprint density at radius 1 is 1.50 bits per heavy atom. The Kier molecular flexibility index (Phi) is 3.90. The van der Waals surface area contributed by atoms with E-state index in [4.69, 9.17) is 15.0 Å². The molecule has 1 heterocycles. The van der Waals surface area contributed by atoms with E-state index in [1.807, 2.05) is 0 Å². The Morgan fingerprint density at radius 2 is 2.25 bits per heavy atom. The summed E-state index contributed by atoms with van der Waals surface area (Å²) in [7, 11) is 1.66. The zero-order chi connectivity index (χ0) is 11.4. The van der Waals surface area contributed by atoms with Gasteiger partial charge in [-0.1, -0.05) is 18.0 Å². The Morgan fingerprint density at radius 3 is 2.94 bits per heavy atom. The van der Waals surface area contributed by atoms with Crippen LogP contribution in [0.25, 0.3) is 0 Å². The number of nitrogens with zero attached hydrogens (tertiary/aromatic N) is 2. The van der Waals surface area contributed by atoms with Crippen molar-refractivity contribution in [3.63, 3.8) is 0 Å². The Balaban J connectivity index is 1.95. The molecule has 1 aromatic heterocycles. The largest absolute Gasteiger partial charge is 0.385 e. The molecule has 1 unspecified atom stereocenters. The first kappa shape index (κ1) is 11.5. The summed E-state index contributed by atoms with van der Waals surface area (Å²) in [5, 5.41) is 4.02. The van der Waals surface area contributed by atoms with Crippen LogP contribution in [-0.2, 0) is 4.74 Å². The molecule has 0 saturated heterocycles. The van der Waals surface area contributed by atoms with E-state index in [0.717, 1.165) is 5.82 Å². The number of rotatable bonds is 5. The highest BCUT2D eigenvalue weighted by Gasteiger charge is 2.23. The molecule has 0 spiro atoms. The van der Waals surface area contributed by atoms with Gasteiger partial charge in [0.2, 0.25) is 5.89 Å². The van der Waals surface area contributed by atoms with E-state index in [1.54, 1.807) is 7.11 Å². The van der Waals surface area contributed by atoms with Crippen LogP contribution in [0.3, 0.4) is 0 Å². The maximum atomic E-state index is 5.92. The van der Waals surface area contributed by atoms with Crippen molar-refractivity contribution in [2.75, 3.05) is 13.7 Å². The summed E-state index contributed by atoms with van der Waals surface area (Å²) < 4.78 is 10.2. The highest BCUT2D eigenvalue weighted by atomic mass is 16.5. The molecule has 1 aliphatic carbocycles. The number of methoxy groups -OCH3 is 1. The molecule has 1 aromatic rings. The monoisotopic (exact) mass is 225 g/mol. The molecule has 90 valence electrons. The third-order valence-corrected chi connectivity index (χ3v) is 3.13. The van der Waals surface area contributed by atoms with Crippen LogP contribution < -0.4 is 5.73 Å². The van der Waals surface area contributed by atoms with E-state index in [0.29, 0.717) is 24.8 Å². The standard InChI is InChI=1S/C11H19N3O2/c1-15-7-6-9(12)11-13-10(14-16-11)8-4-2-3-5-8/h8-9H,2-7,12H2,1H3. The van der Waals surface area contributed by atoms with E-state index in [1.165, 1.54) is 25.7 Å². The molecule has 1 atom stereocenters. The summed E-state index contributed by atoms with van der Waals surface area (Å²) in [5.41, 5.74) is 5.92. The van der Waals surface area contributed by atoms with Gasteiger partial charge in [-0.15, -0.1) is 0 Å². The fourth-order valence-electron chi connectivity index (χ4n) is 2.12. The second-order valence-corrected chi connectivity index (χ2v) is 4.36. The van der Waals surface area contributed by atoms with Crippen molar-refractivity contribution in [2.45, 2.75) is 44.1 Å². The van der Waals surface area contributed by atoms with Crippen LogP contribution in [0.15, 0.2) is 4.52 Å². The van der Waals surface area contributed by atoms with Crippen LogP contribution in [0, 0.1) is 0 Å². The molecule has 1 saturated carbocycles. The van der Waals surface area contributed by atoms with Crippen LogP contribution in [0.5, 0.6) is 0 Å². The van der Waals surface area contributed by atoms with Crippen molar-refractivity contribution in [2.24, 2.45) is 5.73 Å². The van der Waals surface area contributed by atoms with Gasteiger partial charge in [-0.2, -0.15) is 4.98 Å². The minimum absolute atomic E-state index is 0.206. The first-order valence-electron chi connectivity index (χ1n) is 5.89. The third-order valence-electron chi connectivity index (χ3n) is 3.13. The zero-order valence-electron chi connectivity index (χ0n) is 9.69. The van der Waals surface area contributed by atoms with Crippen LogP contribution >= 0.6 is 0 Å². The zero-order valence-corrected chi connectivity index (χ0v) is 9.69. The molecule has 1 fully saturated rings. The minimum Gasteiger partial charge on any atom is -0.385 e. The maximum Gasteiger partial charge on any atom is 0.243 e. The maximum absolute atomic E-state index is 5.92. The van der Waals surface area contributed by atoms with E-state index in [9.17, 15) is 0 Å². The van der Waals surface area contributed by atoms with Crippen molar-refractivity contribution in [1.82, 2.24) is 10.1 Å². The van der Waals surface area contributed by atoms with E-state index >= 15 is 0 Å². The summed E-state index contributed by atoms with van der Waals surface area (Å²) in [6, 6.07) is -0.206. The lowest BCUT2D eigenvalue weighted by molar-refractivity contribution is 0.182. The average molecular weight is 225 g/mol. The van der Waals surface area contributed by atoms with Gasteiger partial charge in [-0.3, -0.25) is 0 Å². The minimum atomic E-state index is -0.206. The predicted molar refractivity (Wildman–Crippen MR) is 58.9 cm³/mol. The molecule has 5 nitrogen and oxygen atoms in total. The Hall–Kier alpha value is -0.940. The van der Waals surface area contributed by atoms with Crippen LogP contribution in [-0.4, -0.2) is 23.9 Å². The topological polar surface area (TPSA) is 74.2 Å². The molecule has 0 aromatic carbocycles. The molecular weight excluding hydrogens is 206 g/mol. The van der Waals surface area contributed by atoms with E-state index < -0.39 is 0 Å². The molecular formula is C11H19N3O2. The second kappa shape index (κ2) is 5.41. The van der Waals surface area contributed by atoms with Gasteiger partial charge in [-0.25, -0.2) is 0 Å². The fraction of sp³-hybridized carbons (Fsp3) is 0.818. The number of hydrogen-bond acceptors (Lipinski definition) is 5. The summed E-state index contributed by atoms with van der Waals surface area (Å²) in [5.74, 6) is 1.85. The molecule has 16 heavy (non-hydrogen) atoms. The molecule has 0 aliphatic heterocycles. The van der Waals surface area contributed by atoms with Gasteiger partial charge in [-0.05, 0) is 19.3 Å². The predicted octanol–water partition coefficient (Wildman–Crippen LogP) is 1.76. The van der Waals surface area contributed by atoms with Crippen molar-refractivity contribution in [1.29, 1.82) is 0 Å². The Bertz CT molecular complexity index is 321. The van der Waals surface area contributed by atoms with Crippen LogP contribution in [0.1, 0.15) is 55.8 Å². The molecule has 0 radical (unpaired) electrons. The number of aromatic nitrogens is 2. The first-order valence-corrected chi connectivity index (χ1v) is 5.89. The fourth-order valence-corrected chi connectivity index (χ4v) is 2.12. The van der Waals surface area contributed by atoms with Crippen molar-refractivity contribution >= 4 is 0 Å². The SMILES string of the molecule is COCCC(N)c1nc(C2CCCC2)no1. The average Bonchev–Trinajstić information content (AvgIpc) is 2.94. The Labute approximate surface area is 95.3 Å².